The third kappa shape index (κ3) is 6.84. The molecular weight excluding hydrogens is 506 g/mol. The summed E-state index contributed by atoms with van der Waals surface area (Å²) in [5.74, 6) is -0.928. The molecule has 40 heavy (non-hydrogen) atoms. The number of hydrogen-bond donors (Lipinski definition) is 2. The second-order valence-corrected chi connectivity index (χ2v) is 10.9. The van der Waals surface area contributed by atoms with Gasteiger partial charge in [0, 0.05) is 28.7 Å². The Labute approximate surface area is 234 Å². The number of fused-ring (bicyclic) bond motifs is 1. The Kier molecular flexibility index (Phi) is 8.83. The number of rotatable bonds is 11. The largest absolute Gasteiger partial charge is 0.489 e. The second-order valence-electron chi connectivity index (χ2n) is 10.9. The number of benzene rings is 3. The Hall–Kier alpha value is -4.26. The first-order valence-electron chi connectivity index (χ1n) is 13.6. The molecule has 1 aliphatic rings. The topological polar surface area (TPSA) is 110 Å². The Morgan fingerprint density at radius 2 is 1.68 bits per heavy atom. The van der Waals surface area contributed by atoms with Crippen LogP contribution in [0.25, 0.3) is 0 Å². The van der Waals surface area contributed by atoms with Gasteiger partial charge in [-0.3, -0.25) is 19.2 Å². The first-order valence-corrected chi connectivity index (χ1v) is 13.6. The third-order valence-electron chi connectivity index (χ3n) is 7.04. The number of nitrogens with one attached hydrogen (secondary N) is 1. The molecule has 0 aromatic heterocycles. The minimum absolute atomic E-state index is 0.0519. The van der Waals surface area contributed by atoms with Crippen LogP contribution in [0.4, 0.5) is 0 Å². The maximum atomic E-state index is 13.7. The lowest BCUT2D eigenvalue weighted by Crippen LogP contribution is -2.30. The van der Waals surface area contributed by atoms with Crippen molar-refractivity contribution in [3.05, 3.63) is 99.1 Å². The van der Waals surface area contributed by atoms with E-state index in [1.54, 1.807) is 36.4 Å². The second kappa shape index (κ2) is 12.3. The normalized spacial score (nSPS) is 13.3. The maximum absolute atomic E-state index is 13.7. The summed E-state index contributed by atoms with van der Waals surface area (Å²) >= 11 is 0. The van der Waals surface area contributed by atoms with Crippen LogP contribution in [0, 0.1) is 19.8 Å². The van der Waals surface area contributed by atoms with E-state index in [9.17, 15) is 24.3 Å². The van der Waals surface area contributed by atoms with E-state index < -0.39 is 5.97 Å². The van der Waals surface area contributed by atoms with Crippen LogP contribution in [0.5, 0.6) is 5.75 Å². The SMILES string of the molecule is Cc1cc(C)cc(C(CC(C)C)NC(=O)c2cc(OCc3cccc4c3C(=O)CC4=O)ccc2CCC(=O)O)c1. The Morgan fingerprint density at radius 3 is 2.35 bits per heavy atom. The van der Waals surface area contributed by atoms with E-state index in [1.807, 2.05) is 13.8 Å². The number of ketones is 2. The minimum Gasteiger partial charge on any atom is -0.489 e. The molecule has 0 heterocycles. The first-order chi connectivity index (χ1) is 19.0. The van der Waals surface area contributed by atoms with E-state index in [1.165, 1.54) is 0 Å². The monoisotopic (exact) mass is 541 g/mol. The minimum atomic E-state index is -0.947. The number of carboxylic acids is 1. The van der Waals surface area contributed by atoms with Crippen LogP contribution in [0.3, 0.4) is 0 Å². The van der Waals surface area contributed by atoms with Crippen LogP contribution in [-0.4, -0.2) is 28.5 Å². The molecule has 0 aliphatic heterocycles. The smallest absolute Gasteiger partial charge is 0.303 e. The number of ether oxygens (including phenoxy) is 1. The van der Waals surface area contributed by atoms with E-state index in [-0.39, 0.29) is 49.4 Å². The summed E-state index contributed by atoms with van der Waals surface area (Å²) in [5.41, 5.74) is 5.63. The molecule has 7 nitrogen and oxygen atoms in total. The van der Waals surface area contributed by atoms with Gasteiger partial charge in [-0.15, -0.1) is 0 Å². The summed E-state index contributed by atoms with van der Waals surface area (Å²) in [6.45, 7) is 8.32. The maximum Gasteiger partial charge on any atom is 0.303 e. The van der Waals surface area contributed by atoms with Crippen molar-refractivity contribution in [2.45, 2.75) is 66.0 Å². The van der Waals surface area contributed by atoms with Gasteiger partial charge >= 0.3 is 5.97 Å². The highest BCUT2D eigenvalue weighted by molar-refractivity contribution is 6.24. The summed E-state index contributed by atoms with van der Waals surface area (Å²) in [7, 11) is 0. The molecule has 1 atom stereocenters. The van der Waals surface area contributed by atoms with Crippen LogP contribution >= 0.6 is 0 Å². The quantitative estimate of drug-likeness (QED) is 0.280. The van der Waals surface area contributed by atoms with Gasteiger partial charge in [0.15, 0.2) is 11.6 Å². The first kappa shape index (κ1) is 28.7. The summed E-state index contributed by atoms with van der Waals surface area (Å²) in [6.07, 6.45) is 0.687. The number of carbonyl (C=O) groups is 4. The molecule has 208 valence electrons. The van der Waals surface area contributed by atoms with Crippen molar-refractivity contribution in [3.8, 4) is 5.75 Å². The van der Waals surface area contributed by atoms with Crippen molar-refractivity contribution >= 4 is 23.4 Å². The average molecular weight is 542 g/mol. The van der Waals surface area contributed by atoms with Crippen molar-refractivity contribution in [2.75, 3.05) is 0 Å². The Balaban J connectivity index is 1.62. The van der Waals surface area contributed by atoms with E-state index in [2.05, 4.69) is 37.4 Å². The van der Waals surface area contributed by atoms with Crippen LogP contribution in [0.1, 0.15) is 98.0 Å². The van der Waals surface area contributed by atoms with Gasteiger partial charge in [0.1, 0.15) is 12.4 Å². The summed E-state index contributed by atoms with van der Waals surface area (Å²) in [5, 5.41) is 12.4. The fourth-order valence-corrected chi connectivity index (χ4v) is 5.29. The zero-order chi connectivity index (χ0) is 29.0. The van der Waals surface area contributed by atoms with Gasteiger partial charge in [-0.2, -0.15) is 0 Å². The van der Waals surface area contributed by atoms with Crippen molar-refractivity contribution < 1.29 is 29.0 Å². The Morgan fingerprint density at radius 1 is 0.950 bits per heavy atom. The van der Waals surface area contributed by atoms with Crippen LogP contribution in [0.2, 0.25) is 0 Å². The lowest BCUT2D eigenvalue weighted by molar-refractivity contribution is -0.136. The molecule has 1 amide bonds. The third-order valence-corrected chi connectivity index (χ3v) is 7.04. The molecule has 3 aromatic rings. The number of aliphatic carboxylic acids is 1. The molecule has 7 heteroatoms. The van der Waals surface area contributed by atoms with Crippen LogP contribution < -0.4 is 10.1 Å². The molecule has 3 aromatic carbocycles. The van der Waals surface area contributed by atoms with E-state index in [0.29, 0.717) is 39.5 Å². The number of aryl methyl sites for hydroxylation is 3. The summed E-state index contributed by atoms with van der Waals surface area (Å²) in [6, 6.07) is 16.2. The fraction of sp³-hybridized carbons (Fsp3) is 0.333. The predicted molar refractivity (Wildman–Crippen MR) is 152 cm³/mol. The van der Waals surface area contributed by atoms with Crippen LogP contribution in [-0.2, 0) is 17.8 Å². The highest BCUT2D eigenvalue weighted by Crippen LogP contribution is 2.29. The number of carboxylic acid groups (broad SMARTS) is 1. The Bertz CT molecular complexity index is 1450. The summed E-state index contributed by atoms with van der Waals surface area (Å²) < 4.78 is 6.00. The fourth-order valence-electron chi connectivity index (χ4n) is 5.29. The molecule has 2 N–H and O–H groups in total. The van der Waals surface area contributed by atoms with Crippen molar-refractivity contribution in [1.82, 2.24) is 5.32 Å². The molecule has 0 bridgehead atoms. The standard InChI is InChI=1S/C33H35NO6/c1-19(2)12-28(24-14-20(3)13-21(4)15-24)34-33(39)27-16-25(10-8-22(27)9-11-31(37)38)40-18-23-6-5-7-26-29(35)17-30(36)32(23)26/h5-8,10,13-16,19,28H,9,11-12,17-18H2,1-4H3,(H,34,39)(H,37,38). The van der Waals surface area contributed by atoms with E-state index in [0.717, 1.165) is 23.1 Å². The zero-order valence-electron chi connectivity index (χ0n) is 23.4. The van der Waals surface area contributed by atoms with Gasteiger partial charge in [-0.1, -0.05) is 67.4 Å². The van der Waals surface area contributed by atoms with Gasteiger partial charge in [0.25, 0.3) is 5.91 Å². The molecule has 1 aliphatic carbocycles. The number of carbonyl (C=O) groups excluding carboxylic acids is 3. The molecule has 1 unspecified atom stereocenters. The van der Waals surface area contributed by atoms with Gasteiger partial charge in [-0.05, 0) is 55.9 Å². The van der Waals surface area contributed by atoms with Gasteiger partial charge in [0.05, 0.1) is 12.5 Å². The molecule has 0 radical (unpaired) electrons. The molecule has 0 spiro atoms. The molecule has 0 fully saturated rings. The molecule has 4 rings (SSSR count). The van der Waals surface area contributed by atoms with Crippen molar-refractivity contribution in [1.29, 1.82) is 0 Å². The van der Waals surface area contributed by atoms with Crippen LogP contribution in [0.15, 0.2) is 54.6 Å². The lowest BCUT2D eigenvalue weighted by Gasteiger charge is -2.23. The van der Waals surface area contributed by atoms with E-state index in [4.69, 9.17) is 4.74 Å². The molecule has 0 saturated carbocycles. The predicted octanol–water partition coefficient (Wildman–Crippen LogP) is 6.19. The number of Topliss-reactive ketones (excluding diaryl/α,β-unsaturated/α-hetero) is 2. The van der Waals surface area contributed by atoms with Crippen molar-refractivity contribution in [3.63, 3.8) is 0 Å². The molecular formula is C33H35NO6. The summed E-state index contributed by atoms with van der Waals surface area (Å²) in [4.78, 5) is 49.5. The average Bonchev–Trinajstić information content (AvgIpc) is 3.18. The zero-order valence-corrected chi connectivity index (χ0v) is 23.4. The highest BCUT2D eigenvalue weighted by Gasteiger charge is 2.29. The highest BCUT2D eigenvalue weighted by atomic mass is 16.5. The van der Waals surface area contributed by atoms with Gasteiger partial charge < -0.3 is 15.2 Å². The number of hydrogen-bond acceptors (Lipinski definition) is 5. The van der Waals surface area contributed by atoms with E-state index >= 15 is 0 Å². The molecule has 0 saturated heterocycles. The van der Waals surface area contributed by atoms with Crippen molar-refractivity contribution in [2.24, 2.45) is 5.92 Å². The lowest BCUT2D eigenvalue weighted by atomic mass is 9.93. The van der Waals surface area contributed by atoms with Gasteiger partial charge in [0.2, 0.25) is 0 Å². The number of amides is 1. The van der Waals surface area contributed by atoms with Gasteiger partial charge in [-0.25, -0.2) is 0 Å².